The fourth-order valence-electron chi connectivity index (χ4n) is 2.85. The van der Waals surface area contributed by atoms with Crippen LogP contribution in [-0.4, -0.2) is 32.2 Å². The van der Waals surface area contributed by atoms with Crippen molar-refractivity contribution in [3.05, 3.63) is 28.8 Å². The Bertz CT molecular complexity index is 493. The van der Waals surface area contributed by atoms with Gasteiger partial charge in [-0.15, -0.1) is 0 Å². The molecule has 1 aliphatic heterocycles. The number of aryl methyl sites for hydroxylation is 2. The Kier molecular flexibility index (Phi) is 4.65. The van der Waals surface area contributed by atoms with Crippen LogP contribution in [0.2, 0.25) is 0 Å². The second-order valence-electron chi connectivity index (χ2n) is 5.59. The summed E-state index contributed by atoms with van der Waals surface area (Å²) in [6.07, 6.45) is 3.07. The molecule has 1 atom stereocenters. The van der Waals surface area contributed by atoms with Crippen molar-refractivity contribution in [1.29, 1.82) is 0 Å². The van der Waals surface area contributed by atoms with Crippen LogP contribution in [0, 0.1) is 13.8 Å². The highest BCUT2D eigenvalue weighted by molar-refractivity contribution is 5.76. The average Bonchev–Trinajstić information content (AvgIpc) is 2.95. The molecule has 0 aromatic heterocycles. The number of rotatable bonds is 4. The van der Waals surface area contributed by atoms with Crippen LogP contribution in [-0.2, 0) is 16.0 Å². The molecule has 4 nitrogen and oxygen atoms in total. The Morgan fingerprint density at radius 2 is 1.95 bits per heavy atom. The average molecular weight is 276 g/mol. The number of benzene rings is 1. The highest BCUT2D eigenvalue weighted by Crippen LogP contribution is 2.27. The first-order valence-electron chi connectivity index (χ1n) is 7.21. The number of carbonyl (C=O) groups is 1. The van der Waals surface area contributed by atoms with Gasteiger partial charge >= 0.3 is 5.97 Å². The Morgan fingerprint density at radius 3 is 2.55 bits per heavy atom. The predicted molar refractivity (Wildman–Crippen MR) is 81.1 cm³/mol. The zero-order chi connectivity index (χ0) is 14.7. The van der Waals surface area contributed by atoms with E-state index in [2.05, 4.69) is 35.6 Å². The van der Waals surface area contributed by atoms with E-state index in [9.17, 15) is 4.79 Å². The van der Waals surface area contributed by atoms with E-state index in [1.54, 1.807) is 0 Å². The fourth-order valence-corrected chi connectivity index (χ4v) is 2.85. The number of carbonyl (C=O) groups excluding carboxylic acids is 1. The van der Waals surface area contributed by atoms with Crippen molar-refractivity contribution < 1.29 is 9.53 Å². The van der Waals surface area contributed by atoms with Gasteiger partial charge in [0.2, 0.25) is 0 Å². The molecule has 0 aliphatic carbocycles. The van der Waals surface area contributed by atoms with Crippen LogP contribution in [0.3, 0.4) is 0 Å². The predicted octanol–water partition coefficient (Wildman–Crippen LogP) is 1.95. The van der Waals surface area contributed by atoms with Crippen molar-refractivity contribution in [2.75, 3.05) is 25.1 Å². The van der Waals surface area contributed by atoms with Gasteiger partial charge in [0.15, 0.2) is 0 Å². The van der Waals surface area contributed by atoms with E-state index in [1.165, 1.54) is 36.8 Å². The summed E-state index contributed by atoms with van der Waals surface area (Å²) < 4.78 is 4.69. The molecule has 1 heterocycles. The minimum absolute atomic E-state index is 0.356. The van der Waals surface area contributed by atoms with E-state index in [1.807, 2.05) is 0 Å². The van der Waals surface area contributed by atoms with E-state index < -0.39 is 6.04 Å². The Hall–Kier alpha value is -1.55. The monoisotopic (exact) mass is 276 g/mol. The second-order valence-corrected chi connectivity index (χ2v) is 5.59. The SMILES string of the molecule is COC(=O)C(N)Cc1cc(C)c(N2CCCC2)cc1C. The highest BCUT2D eigenvalue weighted by Gasteiger charge is 2.19. The van der Waals surface area contributed by atoms with Gasteiger partial charge in [-0.1, -0.05) is 6.07 Å². The molecular formula is C16H24N2O2. The summed E-state index contributed by atoms with van der Waals surface area (Å²) in [5.74, 6) is -0.356. The lowest BCUT2D eigenvalue weighted by molar-refractivity contribution is -0.142. The summed E-state index contributed by atoms with van der Waals surface area (Å²) in [6.45, 7) is 6.49. The lowest BCUT2D eigenvalue weighted by Gasteiger charge is -2.22. The third kappa shape index (κ3) is 3.12. The van der Waals surface area contributed by atoms with Crippen LogP contribution < -0.4 is 10.6 Å². The Morgan fingerprint density at radius 1 is 1.30 bits per heavy atom. The first kappa shape index (κ1) is 14.9. The lowest BCUT2D eigenvalue weighted by Crippen LogP contribution is -2.34. The van der Waals surface area contributed by atoms with Crippen molar-refractivity contribution in [1.82, 2.24) is 0 Å². The van der Waals surface area contributed by atoms with Crippen LogP contribution in [0.4, 0.5) is 5.69 Å². The van der Waals surface area contributed by atoms with Crippen LogP contribution in [0.1, 0.15) is 29.5 Å². The summed E-state index contributed by atoms with van der Waals surface area (Å²) in [7, 11) is 1.37. The number of hydrogen-bond donors (Lipinski definition) is 1. The number of nitrogens with zero attached hydrogens (tertiary/aromatic N) is 1. The molecule has 0 spiro atoms. The maximum absolute atomic E-state index is 11.4. The smallest absolute Gasteiger partial charge is 0.322 e. The maximum atomic E-state index is 11.4. The van der Waals surface area contributed by atoms with E-state index in [4.69, 9.17) is 5.73 Å². The standard InChI is InChI=1S/C16H24N2O2/c1-11-9-15(18-6-4-5-7-18)12(2)8-13(11)10-14(17)16(19)20-3/h8-9,14H,4-7,10,17H2,1-3H3. The van der Waals surface area contributed by atoms with E-state index >= 15 is 0 Å². The lowest BCUT2D eigenvalue weighted by atomic mass is 9.97. The number of nitrogens with two attached hydrogens (primary N) is 1. The highest BCUT2D eigenvalue weighted by atomic mass is 16.5. The summed E-state index contributed by atoms with van der Waals surface area (Å²) in [4.78, 5) is 13.9. The zero-order valence-corrected chi connectivity index (χ0v) is 12.6. The number of esters is 1. The molecule has 1 aromatic carbocycles. The van der Waals surface area contributed by atoms with Crippen molar-refractivity contribution in [2.45, 2.75) is 39.2 Å². The fraction of sp³-hybridized carbons (Fsp3) is 0.562. The topological polar surface area (TPSA) is 55.6 Å². The number of methoxy groups -OCH3 is 1. The Labute approximate surface area is 120 Å². The normalized spacial score (nSPS) is 16.3. The maximum Gasteiger partial charge on any atom is 0.322 e. The van der Waals surface area contributed by atoms with Gasteiger partial charge in [-0.25, -0.2) is 0 Å². The van der Waals surface area contributed by atoms with Crippen molar-refractivity contribution >= 4 is 11.7 Å². The molecule has 20 heavy (non-hydrogen) atoms. The second kappa shape index (κ2) is 6.27. The van der Waals surface area contributed by atoms with Crippen LogP contribution in [0.15, 0.2) is 12.1 Å². The van der Waals surface area contributed by atoms with Gasteiger partial charge in [0.1, 0.15) is 6.04 Å². The Balaban J connectivity index is 2.19. The summed E-state index contributed by atoms with van der Waals surface area (Å²) in [6, 6.07) is 3.79. The van der Waals surface area contributed by atoms with E-state index in [0.717, 1.165) is 18.7 Å². The molecule has 1 saturated heterocycles. The number of ether oxygens (including phenoxy) is 1. The third-order valence-electron chi connectivity index (χ3n) is 4.05. The molecule has 4 heteroatoms. The quantitative estimate of drug-likeness (QED) is 0.854. The van der Waals surface area contributed by atoms with Gasteiger partial charge < -0.3 is 15.4 Å². The molecule has 1 aromatic rings. The first-order valence-corrected chi connectivity index (χ1v) is 7.21. The van der Waals surface area contributed by atoms with E-state index in [0.29, 0.717) is 6.42 Å². The van der Waals surface area contributed by atoms with Crippen molar-refractivity contribution in [3.8, 4) is 0 Å². The largest absolute Gasteiger partial charge is 0.468 e. The number of hydrogen-bond acceptors (Lipinski definition) is 4. The van der Waals surface area contributed by atoms with Gasteiger partial charge in [0, 0.05) is 18.8 Å². The molecule has 0 amide bonds. The third-order valence-corrected chi connectivity index (χ3v) is 4.05. The summed E-state index contributed by atoms with van der Waals surface area (Å²) in [5.41, 5.74) is 10.7. The molecule has 110 valence electrons. The van der Waals surface area contributed by atoms with E-state index in [-0.39, 0.29) is 5.97 Å². The number of anilines is 1. The van der Waals surface area contributed by atoms with Gasteiger partial charge in [-0.3, -0.25) is 4.79 Å². The van der Waals surface area contributed by atoms with Gasteiger partial charge in [-0.2, -0.15) is 0 Å². The van der Waals surface area contributed by atoms with Gasteiger partial charge in [0.05, 0.1) is 7.11 Å². The molecule has 0 radical (unpaired) electrons. The summed E-state index contributed by atoms with van der Waals surface area (Å²) in [5, 5.41) is 0. The minimum Gasteiger partial charge on any atom is -0.468 e. The van der Waals surface area contributed by atoms with Gasteiger partial charge in [0.25, 0.3) is 0 Å². The van der Waals surface area contributed by atoms with Crippen molar-refractivity contribution in [2.24, 2.45) is 5.73 Å². The van der Waals surface area contributed by atoms with Crippen LogP contribution in [0.5, 0.6) is 0 Å². The van der Waals surface area contributed by atoms with Crippen molar-refractivity contribution in [3.63, 3.8) is 0 Å². The molecule has 0 bridgehead atoms. The molecular weight excluding hydrogens is 252 g/mol. The zero-order valence-electron chi connectivity index (χ0n) is 12.6. The molecule has 2 N–H and O–H groups in total. The van der Waals surface area contributed by atoms with Gasteiger partial charge in [-0.05, 0) is 55.9 Å². The molecule has 1 aliphatic rings. The van der Waals surface area contributed by atoms with Crippen LogP contribution >= 0.6 is 0 Å². The molecule has 1 unspecified atom stereocenters. The molecule has 2 rings (SSSR count). The molecule has 0 saturated carbocycles. The summed E-state index contributed by atoms with van der Waals surface area (Å²) >= 11 is 0. The van der Waals surface area contributed by atoms with Crippen LogP contribution in [0.25, 0.3) is 0 Å². The first-order chi connectivity index (χ1) is 9.52. The minimum atomic E-state index is -0.587. The molecule has 1 fully saturated rings.